The molecule has 1 heterocycles. The molecule has 1 amide bonds. The fraction of sp³-hybridized carbons (Fsp3) is 0.211. The molecule has 0 atom stereocenters. The van der Waals surface area contributed by atoms with Gasteiger partial charge >= 0.3 is 0 Å². The normalized spacial score (nSPS) is 16.4. The van der Waals surface area contributed by atoms with Gasteiger partial charge in [0.05, 0.1) is 0 Å². The van der Waals surface area contributed by atoms with Gasteiger partial charge in [-0.15, -0.1) is 0 Å². The summed E-state index contributed by atoms with van der Waals surface area (Å²) < 4.78 is 0. The van der Waals surface area contributed by atoms with Crippen LogP contribution in [0, 0.1) is 6.92 Å². The predicted molar refractivity (Wildman–Crippen MR) is 97.0 cm³/mol. The summed E-state index contributed by atoms with van der Waals surface area (Å²) in [5.41, 5.74) is 2.68. The summed E-state index contributed by atoms with van der Waals surface area (Å²) in [7, 11) is 0. The first-order valence-electron chi connectivity index (χ1n) is 7.51. The Kier molecular flexibility index (Phi) is 3.86. The van der Waals surface area contributed by atoms with Crippen LogP contribution in [0.4, 0.5) is 0 Å². The number of nitrogens with zero attached hydrogens (tertiary/aromatic N) is 2. The van der Waals surface area contributed by atoms with Gasteiger partial charge in [-0.25, -0.2) is 0 Å². The maximum atomic E-state index is 12.9. The summed E-state index contributed by atoms with van der Waals surface area (Å²) in [6.07, 6.45) is 0. The number of thiocarbonyl (C=S) groups is 1. The zero-order valence-corrected chi connectivity index (χ0v) is 14.2. The topological polar surface area (TPSA) is 32.7 Å². The molecule has 0 radical (unpaired) electrons. The van der Waals surface area contributed by atoms with Crippen molar-refractivity contribution in [3.8, 4) is 0 Å². The van der Waals surface area contributed by atoms with Crippen LogP contribution in [0.15, 0.2) is 59.6 Å². The Morgan fingerprint density at radius 3 is 2.26 bits per heavy atom. The van der Waals surface area contributed by atoms with E-state index in [1.54, 1.807) is 4.90 Å². The smallest absolute Gasteiger partial charge is 0.260 e. The maximum Gasteiger partial charge on any atom is 0.260 e. The van der Waals surface area contributed by atoms with E-state index in [-0.39, 0.29) is 5.91 Å². The number of benzene rings is 2. The largest absolute Gasteiger partial charge is 0.272 e. The number of aliphatic imine (C=N–C) groups is 1. The van der Waals surface area contributed by atoms with E-state index >= 15 is 0 Å². The lowest BCUT2D eigenvalue weighted by Gasteiger charge is -2.29. The van der Waals surface area contributed by atoms with E-state index in [2.05, 4.69) is 0 Å². The monoisotopic (exact) mass is 322 g/mol. The molecule has 0 fully saturated rings. The highest BCUT2D eigenvalue weighted by atomic mass is 32.1. The van der Waals surface area contributed by atoms with Crippen molar-refractivity contribution >= 4 is 28.8 Å². The molecule has 3 rings (SSSR count). The minimum Gasteiger partial charge on any atom is -0.272 e. The zero-order chi connectivity index (χ0) is 16.6. The third kappa shape index (κ3) is 2.82. The van der Waals surface area contributed by atoms with Gasteiger partial charge in [0, 0.05) is 11.1 Å². The highest BCUT2D eigenvalue weighted by Gasteiger charge is 2.42. The Hall–Kier alpha value is -2.33. The molecule has 0 N–H and O–H groups in total. The molecule has 0 saturated heterocycles. The van der Waals surface area contributed by atoms with Gasteiger partial charge < -0.3 is 0 Å². The van der Waals surface area contributed by atoms with E-state index in [0.717, 1.165) is 11.1 Å². The quantitative estimate of drug-likeness (QED) is 0.783. The van der Waals surface area contributed by atoms with Gasteiger partial charge in [0.15, 0.2) is 0 Å². The van der Waals surface area contributed by atoms with Gasteiger partial charge in [-0.1, -0.05) is 60.2 Å². The first-order valence-corrected chi connectivity index (χ1v) is 7.92. The molecule has 4 heteroatoms. The molecule has 0 aliphatic carbocycles. The van der Waals surface area contributed by atoms with Crippen molar-refractivity contribution < 1.29 is 4.79 Å². The molecule has 0 bridgehead atoms. The summed E-state index contributed by atoms with van der Waals surface area (Å²) in [4.78, 5) is 19.7. The lowest BCUT2D eigenvalue weighted by molar-refractivity contribution is 0.0758. The van der Waals surface area contributed by atoms with Crippen LogP contribution in [0.5, 0.6) is 0 Å². The third-order valence-electron chi connectivity index (χ3n) is 3.89. The molecule has 0 unspecified atom stereocenters. The van der Waals surface area contributed by atoms with Crippen molar-refractivity contribution in [3.63, 3.8) is 0 Å². The lowest BCUT2D eigenvalue weighted by Crippen LogP contribution is -2.46. The van der Waals surface area contributed by atoms with Crippen molar-refractivity contribution in [1.29, 1.82) is 0 Å². The standard InChI is InChI=1S/C19H18N2OS/c1-13-9-11-15(12-10-13)17(22)21-18(23)16(20-19(21,2)3)14-7-5-4-6-8-14/h4-12H,1-3H3. The maximum absolute atomic E-state index is 12.9. The van der Waals surface area contributed by atoms with Gasteiger partial charge in [-0.05, 0) is 32.9 Å². The van der Waals surface area contributed by atoms with Crippen molar-refractivity contribution in [2.24, 2.45) is 4.99 Å². The van der Waals surface area contributed by atoms with E-state index in [1.165, 1.54) is 0 Å². The molecule has 23 heavy (non-hydrogen) atoms. The first kappa shape index (κ1) is 15.6. The van der Waals surface area contributed by atoms with E-state index in [4.69, 9.17) is 17.2 Å². The summed E-state index contributed by atoms with van der Waals surface area (Å²) >= 11 is 5.57. The molecule has 2 aromatic rings. The number of rotatable bonds is 2. The number of hydrogen-bond donors (Lipinski definition) is 0. The van der Waals surface area contributed by atoms with Crippen LogP contribution in [0.3, 0.4) is 0 Å². The Labute approximate surface area is 141 Å². The average molecular weight is 322 g/mol. The first-order chi connectivity index (χ1) is 10.9. The van der Waals surface area contributed by atoms with Gasteiger partial charge in [0.2, 0.25) is 0 Å². The molecule has 1 aliphatic rings. The molecular weight excluding hydrogens is 304 g/mol. The second kappa shape index (κ2) is 5.70. The third-order valence-corrected chi connectivity index (χ3v) is 4.26. The number of aryl methyl sites for hydroxylation is 1. The van der Waals surface area contributed by atoms with Gasteiger partial charge in [0.1, 0.15) is 16.4 Å². The van der Waals surface area contributed by atoms with Crippen LogP contribution in [0.2, 0.25) is 0 Å². The number of hydrogen-bond acceptors (Lipinski definition) is 3. The Morgan fingerprint density at radius 2 is 1.65 bits per heavy atom. The van der Waals surface area contributed by atoms with E-state index < -0.39 is 5.66 Å². The number of amides is 1. The van der Waals surface area contributed by atoms with Crippen LogP contribution >= 0.6 is 12.2 Å². The Morgan fingerprint density at radius 1 is 1.04 bits per heavy atom. The fourth-order valence-corrected chi connectivity index (χ4v) is 3.15. The molecule has 2 aromatic carbocycles. The minimum absolute atomic E-state index is 0.116. The summed E-state index contributed by atoms with van der Waals surface area (Å²) in [5.74, 6) is -0.116. The summed E-state index contributed by atoms with van der Waals surface area (Å²) in [6.45, 7) is 5.80. The summed E-state index contributed by atoms with van der Waals surface area (Å²) in [5, 5.41) is 0. The fourth-order valence-electron chi connectivity index (χ4n) is 2.68. The van der Waals surface area contributed by atoms with E-state index in [9.17, 15) is 4.79 Å². The number of carbonyl (C=O) groups excluding carboxylic acids is 1. The van der Waals surface area contributed by atoms with Crippen LogP contribution < -0.4 is 0 Å². The van der Waals surface area contributed by atoms with E-state index in [1.807, 2.05) is 75.4 Å². The van der Waals surface area contributed by atoms with Crippen LogP contribution in [-0.2, 0) is 0 Å². The van der Waals surface area contributed by atoms with Crippen LogP contribution in [0.1, 0.15) is 35.3 Å². The lowest BCUT2D eigenvalue weighted by atomic mass is 10.1. The molecule has 0 aromatic heterocycles. The van der Waals surface area contributed by atoms with Gasteiger partial charge in [-0.3, -0.25) is 14.7 Å². The summed E-state index contributed by atoms with van der Waals surface area (Å²) in [6, 6.07) is 17.3. The predicted octanol–water partition coefficient (Wildman–Crippen LogP) is 4.00. The second-order valence-corrected chi connectivity index (χ2v) is 6.52. The van der Waals surface area contributed by atoms with Crippen LogP contribution in [0.25, 0.3) is 0 Å². The van der Waals surface area contributed by atoms with Gasteiger partial charge in [-0.2, -0.15) is 0 Å². The van der Waals surface area contributed by atoms with Crippen molar-refractivity contribution in [2.75, 3.05) is 0 Å². The SMILES string of the molecule is Cc1ccc(C(=O)N2C(=S)C(c3ccccc3)=NC2(C)C)cc1. The highest BCUT2D eigenvalue weighted by Crippen LogP contribution is 2.29. The highest BCUT2D eigenvalue weighted by molar-refractivity contribution is 7.82. The molecule has 3 nitrogen and oxygen atoms in total. The van der Waals surface area contributed by atoms with Crippen molar-refractivity contribution in [1.82, 2.24) is 4.90 Å². The number of carbonyl (C=O) groups is 1. The second-order valence-electron chi connectivity index (χ2n) is 6.13. The van der Waals surface area contributed by atoms with Crippen molar-refractivity contribution in [3.05, 3.63) is 71.3 Å². The van der Waals surface area contributed by atoms with E-state index in [0.29, 0.717) is 16.3 Å². The molecule has 1 aliphatic heterocycles. The molecule has 0 saturated carbocycles. The minimum atomic E-state index is -0.690. The average Bonchev–Trinajstić information content (AvgIpc) is 2.78. The van der Waals surface area contributed by atoms with Crippen molar-refractivity contribution in [2.45, 2.75) is 26.4 Å². The molecule has 116 valence electrons. The Bertz CT molecular complexity index is 792. The Balaban J connectivity index is 1.97. The molecular formula is C19H18N2OS. The molecule has 0 spiro atoms. The van der Waals surface area contributed by atoms with Crippen LogP contribution in [-0.4, -0.2) is 27.2 Å². The zero-order valence-electron chi connectivity index (χ0n) is 13.4. The van der Waals surface area contributed by atoms with Gasteiger partial charge in [0.25, 0.3) is 5.91 Å².